The molecule has 23 heavy (non-hydrogen) atoms. The Bertz CT molecular complexity index is 700. The first kappa shape index (κ1) is 16.8. The molecule has 0 bridgehead atoms. The third kappa shape index (κ3) is 4.02. The molecule has 1 N–H and O–H groups in total. The zero-order chi connectivity index (χ0) is 17.4. The summed E-state index contributed by atoms with van der Waals surface area (Å²) in [5.74, 6) is -1.80. The summed E-state index contributed by atoms with van der Waals surface area (Å²) in [5, 5.41) is 8.57. The lowest BCUT2D eigenvalue weighted by molar-refractivity contribution is -0.143. The zero-order valence-corrected chi connectivity index (χ0v) is 11.0. The second kappa shape index (κ2) is 5.60. The van der Waals surface area contributed by atoms with E-state index in [-0.39, 0.29) is 11.8 Å². The minimum atomic E-state index is -4.99. The van der Waals surface area contributed by atoms with Gasteiger partial charge in [0.15, 0.2) is 0 Å². The van der Waals surface area contributed by atoms with Gasteiger partial charge in [0.05, 0.1) is 23.2 Å². The van der Waals surface area contributed by atoms with E-state index in [2.05, 4.69) is 4.98 Å². The van der Waals surface area contributed by atoms with Crippen molar-refractivity contribution in [2.24, 2.45) is 0 Å². The third-order valence-corrected chi connectivity index (χ3v) is 2.72. The Balaban J connectivity index is 2.53. The molecule has 1 aromatic carbocycles. The van der Waals surface area contributed by atoms with Crippen LogP contribution >= 0.6 is 0 Å². The monoisotopic (exact) mass is 339 g/mol. The molecule has 1 heterocycles. The van der Waals surface area contributed by atoms with Gasteiger partial charge in [-0.15, -0.1) is 0 Å². The second-order valence-corrected chi connectivity index (χ2v) is 4.51. The number of carboxylic acid groups (broad SMARTS) is 1. The number of halogens is 6. The van der Waals surface area contributed by atoms with E-state index in [4.69, 9.17) is 9.52 Å². The molecule has 0 aliphatic carbocycles. The van der Waals surface area contributed by atoms with E-state index in [1.807, 2.05) is 0 Å². The smallest absolute Gasteiger partial charge is 0.416 e. The maximum Gasteiger partial charge on any atom is 0.416 e. The maximum absolute atomic E-state index is 12.7. The number of hydrogen-bond acceptors (Lipinski definition) is 3. The first-order chi connectivity index (χ1) is 10.5. The molecule has 0 spiro atoms. The molecule has 0 saturated heterocycles. The number of carboxylic acids is 1. The molecule has 0 amide bonds. The maximum atomic E-state index is 12.7. The first-order valence-electron chi connectivity index (χ1n) is 5.93. The minimum absolute atomic E-state index is 0.0232. The van der Waals surface area contributed by atoms with E-state index in [1.165, 1.54) is 0 Å². The SMILES string of the molecule is O=C(O)Cc1coc(-c2cc(C(F)(F)F)cc(C(F)(F)F)c2)n1. The molecule has 4 nitrogen and oxygen atoms in total. The van der Waals surface area contributed by atoms with Gasteiger partial charge in [-0.3, -0.25) is 4.79 Å². The number of oxazole rings is 1. The molecule has 0 fully saturated rings. The standard InChI is InChI=1S/C13H7F6NO3/c14-12(15,16)7-1-6(2-8(3-7)13(17,18)19)11-20-9(5-23-11)4-10(21)22/h1-3,5H,4H2,(H,21,22). The number of carbonyl (C=O) groups is 1. The summed E-state index contributed by atoms with van der Waals surface area (Å²) < 4.78 is 81.2. The van der Waals surface area contributed by atoms with Crippen LogP contribution in [0.2, 0.25) is 0 Å². The van der Waals surface area contributed by atoms with Gasteiger partial charge >= 0.3 is 18.3 Å². The van der Waals surface area contributed by atoms with Gasteiger partial charge in [-0.2, -0.15) is 26.3 Å². The molecule has 124 valence electrons. The Morgan fingerprint density at radius 1 is 1.04 bits per heavy atom. The highest BCUT2D eigenvalue weighted by Gasteiger charge is 2.37. The van der Waals surface area contributed by atoms with Gasteiger partial charge in [0.2, 0.25) is 5.89 Å². The number of rotatable bonds is 3. The Kier molecular flexibility index (Phi) is 4.10. The van der Waals surface area contributed by atoms with Gasteiger partial charge in [0.25, 0.3) is 0 Å². The van der Waals surface area contributed by atoms with Crippen LogP contribution in [0.5, 0.6) is 0 Å². The minimum Gasteiger partial charge on any atom is -0.481 e. The van der Waals surface area contributed by atoms with Crippen LogP contribution < -0.4 is 0 Å². The average molecular weight is 339 g/mol. The van der Waals surface area contributed by atoms with Gasteiger partial charge in [-0.25, -0.2) is 4.98 Å². The van der Waals surface area contributed by atoms with Crippen LogP contribution in [0.3, 0.4) is 0 Å². The quantitative estimate of drug-likeness (QED) is 0.859. The van der Waals surface area contributed by atoms with Crippen molar-refractivity contribution in [2.75, 3.05) is 0 Å². The first-order valence-corrected chi connectivity index (χ1v) is 5.93. The highest BCUT2D eigenvalue weighted by molar-refractivity contribution is 5.69. The molecule has 0 atom stereocenters. The van der Waals surface area contributed by atoms with Gasteiger partial charge in [0, 0.05) is 5.56 Å². The number of hydrogen-bond donors (Lipinski definition) is 1. The Morgan fingerprint density at radius 3 is 2.00 bits per heavy atom. The molecular formula is C13H7F6NO3. The number of aromatic nitrogens is 1. The summed E-state index contributed by atoms with van der Waals surface area (Å²) in [6.45, 7) is 0. The fraction of sp³-hybridized carbons (Fsp3) is 0.231. The van der Waals surface area contributed by atoms with Crippen LogP contribution in [-0.2, 0) is 23.6 Å². The van der Waals surface area contributed by atoms with E-state index in [1.54, 1.807) is 0 Å². The van der Waals surface area contributed by atoms with Crippen molar-refractivity contribution in [3.05, 3.63) is 41.3 Å². The Labute approximate surface area is 124 Å². The van der Waals surface area contributed by atoms with Crippen molar-refractivity contribution < 1.29 is 40.7 Å². The van der Waals surface area contributed by atoms with Gasteiger partial charge in [-0.1, -0.05) is 0 Å². The summed E-state index contributed by atoms with van der Waals surface area (Å²) in [5.41, 5.74) is -3.71. The Morgan fingerprint density at radius 2 is 1.57 bits per heavy atom. The largest absolute Gasteiger partial charge is 0.481 e. The van der Waals surface area contributed by atoms with Crippen molar-refractivity contribution in [1.82, 2.24) is 4.98 Å². The van der Waals surface area contributed by atoms with E-state index >= 15 is 0 Å². The molecule has 1 aromatic heterocycles. The fourth-order valence-electron chi connectivity index (χ4n) is 1.75. The molecule has 10 heteroatoms. The summed E-state index contributed by atoms with van der Waals surface area (Å²) in [4.78, 5) is 14.1. The van der Waals surface area contributed by atoms with Crippen LogP contribution in [0, 0.1) is 0 Å². The number of alkyl halides is 6. The van der Waals surface area contributed by atoms with Crippen molar-refractivity contribution >= 4 is 5.97 Å². The van der Waals surface area contributed by atoms with Gasteiger partial charge in [0.1, 0.15) is 6.26 Å². The van der Waals surface area contributed by atoms with Crippen LogP contribution in [0.25, 0.3) is 11.5 Å². The van der Waals surface area contributed by atoms with E-state index in [9.17, 15) is 31.1 Å². The van der Waals surface area contributed by atoms with E-state index < -0.39 is 47.3 Å². The molecule has 0 saturated carbocycles. The molecule has 0 aliphatic heterocycles. The molecule has 0 radical (unpaired) electrons. The third-order valence-electron chi connectivity index (χ3n) is 2.72. The van der Waals surface area contributed by atoms with Crippen molar-refractivity contribution in [3.63, 3.8) is 0 Å². The van der Waals surface area contributed by atoms with Gasteiger partial charge < -0.3 is 9.52 Å². The predicted octanol–water partition coefficient (Wildman–Crippen LogP) is 4.01. The highest BCUT2D eigenvalue weighted by atomic mass is 19.4. The van der Waals surface area contributed by atoms with Crippen LogP contribution in [-0.4, -0.2) is 16.1 Å². The average Bonchev–Trinajstić information content (AvgIpc) is 2.83. The predicted molar refractivity (Wildman–Crippen MR) is 63.3 cm³/mol. The summed E-state index contributed by atoms with van der Waals surface area (Å²) in [6, 6.07) is 0.877. The topological polar surface area (TPSA) is 63.3 Å². The normalized spacial score (nSPS) is 12.4. The van der Waals surface area contributed by atoms with Crippen LogP contribution in [0.4, 0.5) is 26.3 Å². The summed E-state index contributed by atoms with van der Waals surface area (Å²) >= 11 is 0. The van der Waals surface area contributed by atoms with Crippen LogP contribution in [0.1, 0.15) is 16.8 Å². The molecule has 2 aromatic rings. The fourth-order valence-corrected chi connectivity index (χ4v) is 1.75. The molecule has 2 rings (SSSR count). The summed E-state index contributed by atoms with van der Waals surface area (Å²) in [7, 11) is 0. The number of nitrogens with zero attached hydrogens (tertiary/aromatic N) is 1. The lowest BCUT2D eigenvalue weighted by atomic mass is 10.0. The van der Waals surface area contributed by atoms with E-state index in [0.29, 0.717) is 12.1 Å². The van der Waals surface area contributed by atoms with E-state index in [0.717, 1.165) is 6.26 Å². The van der Waals surface area contributed by atoms with Crippen molar-refractivity contribution in [2.45, 2.75) is 18.8 Å². The number of aliphatic carboxylic acids is 1. The summed E-state index contributed by atoms with van der Waals surface area (Å²) in [6.07, 6.45) is -9.70. The van der Waals surface area contributed by atoms with Crippen molar-refractivity contribution in [3.8, 4) is 11.5 Å². The van der Waals surface area contributed by atoms with Crippen LogP contribution in [0.15, 0.2) is 28.9 Å². The molecular weight excluding hydrogens is 332 g/mol. The lowest BCUT2D eigenvalue weighted by Gasteiger charge is -2.12. The second-order valence-electron chi connectivity index (χ2n) is 4.51. The highest BCUT2D eigenvalue weighted by Crippen LogP contribution is 2.38. The Hall–Kier alpha value is -2.52. The van der Waals surface area contributed by atoms with Crippen molar-refractivity contribution in [1.29, 1.82) is 0 Å². The lowest BCUT2D eigenvalue weighted by Crippen LogP contribution is -2.11. The zero-order valence-electron chi connectivity index (χ0n) is 11.0. The molecule has 0 unspecified atom stereocenters. The number of benzene rings is 1. The molecule has 0 aliphatic rings. The van der Waals surface area contributed by atoms with Gasteiger partial charge in [-0.05, 0) is 18.2 Å².